The van der Waals surface area contributed by atoms with Crippen molar-refractivity contribution in [3.63, 3.8) is 0 Å². The number of rotatable bonds is 10. The molecule has 0 saturated heterocycles. The molecule has 0 radical (unpaired) electrons. The van der Waals surface area contributed by atoms with E-state index in [0.717, 1.165) is 25.7 Å². The Morgan fingerprint density at radius 1 is 0.950 bits per heavy atom. The van der Waals surface area contributed by atoms with E-state index < -0.39 is 10.4 Å². The largest absolute Gasteiger partial charge is 0.397 e. The van der Waals surface area contributed by atoms with Gasteiger partial charge in [0.25, 0.3) is 0 Å². The Morgan fingerprint density at radius 3 is 1.55 bits per heavy atom. The molecule has 0 aromatic carbocycles. The molecule has 0 aliphatic carbocycles. The van der Waals surface area contributed by atoms with E-state index in [2.05, 4.69) is 29.9 Å². The molecule has 0 heterocycles. The summed E-state index contributed by atoms with van der Waals surface area (Å²) in [6.45, 7) is 14.3. The molecule has 0 unspecified atom stereocenters. The third-order valence-electron chi connectivity index (χ3n) is 3.19. The van der Waals surface area contributed by atoms with E-state index in [1.807, 2.05) is 13.8 Å². The number of hydrogen-bond acceptors (Lipinski definition) is 4. The van der Waals surface area contributed by atoms with Crippen molar-refractivity contribution >= 4 is 10.4 Å². The van der Waals surface area contributed by atoms with Crippen molar-refractivity contribution in [1.82, 2.24) is 4.90 Å². The quantitative estimate of drug-likeness (QED) is 0.627. The first-order valence-electron chi connectivity index (χ1n) is 7.68. The second-order valence-electron chi connectivity index (χ2n) is 4.78. The van der Waals surface area contributed by atoms with Gasteiger partial charge >= 0.3 is 10.4 Å². The predicted octanol–water partition coefficient (Wildman–Crippen LogP) is 3.37. The minimum Gasteiger partial charge on any atom is -0.304 e. The smallest absolute Gasteiger partial charge is 0.304 e. The van der Waals surface area contributed by atoms with Crippen molar-refractivity contribution in [2.75, 3.05) is 26.2 Å². The summed E-state index contributed by atoms with van der Waals surface area (Å²) in [6.07, 6.45) is 3.87. The lowest BCUT2D eigenvalue weighted by atomic mass is 10.00. The maximum atomic E-state index is 10.3. The second-order valence-corrected chi connectivity index (χ2v) is 5.87. The molecule has 0 fully saturated rings. The first-order valence-corrected chi connectivity index (χ1v) is 9.05. The highest BCUT2D eigenvalue weighted by Crippen LogP contribution is 2.14. The molecule has 0 aromatic heterocycles. The van der Waals surface area contributed by atoms with Crippen molar-refractivity contribution in [3.05, 3.63) is 0 Å². The topological polar surface area (TPSA) is 66.8 Å². The van der Waals surface area contributed by atoms with Crippen LogP contribution in [-0.4, -0.2) is 44.1 Å². The molecular weight excluding hydrogens is 278 g/mol. The van der Waals surface area contributed by atoms with Crippen LogP contribution >= 0.6 is 0 Å². The highest BCUT2D eigenvalue weighted by Gasteiger charge is 2.11. The molecule has 6 heteroatoms. The number of nitrogens with zero attached hydrogens (tertiary/aromatic N) is 1. The van der Waals surface area contributed by atoms with E-state index in [-0.39, 0.29) is 12.5 Å². The van der Waals surface area contributed by atoms with Gasteiger partial charge in [0.2, 0.25) is 0 Å². The average Bonchev–Trinajstić information content (AvgIpc) is 2.38. The summed E-state index contributed by atoms with van der Waals surface area (Å²) in [5.41, 5.74) is 0. The molecule has 0 bridgehead atoms. The van der Waals surface area contributed by atoms with E-state index in [4.69, 9.17) is 4.55 Å². The van der Waals surface area contributed by atoms with E-state index >= 15 is 0 Å². The maximum Gasteiger partial charge on any atom is 0.397 e. The van der Waals surface area contributed by atoms with E-state index in [1.165, 1.54) is 19.6 Å². The molecule has 0 saturated carbocycles. The fourth-order valence-corrected chi connectivity index (χ4v) is 2.34. The monoisotopic (exact) mass is 311 g/mol. The SMILES string of the molecule is CCCC(CCC)COS(=O)(=O)O.CCN(CC)CC. The van der Waals surface area contributed by atoms with Gasteiger partial charge in [0.1, 0.15) is 0 Å². The van der Waals surface area contributed by atoms with Crippen LogP contribution in [0.25, 0.3) is 0 Å². The highest BCUT2D eigenvalue weighted by atomic mass is 32.3. The van der Waals surface area contributed by atoms with Gasteiger partial charge in [0, 0.05) is 0 Å². The molecule has 0 aromatic rings. The second kappa shape index (κ2) is 13.8. The summed E-state index contributed by atoms with van der Waals surface area (Å²) in [5, 5.41) is 0. The Morgan fingerprint density at radius 2 is 1.35 bits per heavy atom. The Kier molecular flexibility index (Phi) is 15.3. The third kappa shape index (κ3) is 15.9. The van der Waals surface area contributed by atoms with Crippen molar-refractivity contribution in [3.8, 4) is 0 Å². The van der Waals surface area contributed by atoms with E-state index in [1.54, 1.807) is 0 Å². The lowest BCUT2D eigenvalue weighted by molar-refractivity contribution is 0.208. The molecule has 0 aliphatic rings. The van der Waals surface area contributed by atoms with Crippen LogP contribution in [0, 0.1) is 5.92 Å². The fourth-order valence-electron chi connectivity index (χ4n) is 1.98. The summed E-state index contributed by atoms with van der Waals surface area (Å²) in [5.74, 6) is 0.233. The minimum absolute atomic E-state index is 0.0977. The molecular formula is C14H33NO4S. The molecule has 0 rings (SSSR count). The summed E-state index contributed by atoms with van der Waals surface area (Å²) >= 11 is 0. The maximum absolute atomic E-state index is 10.3. The minimum atomic E-state index is -4.26. The molecule has 0 aliphatic heterocycles. The van der Waals surface area contributed by atoms with Gasteiger partial charge in [0.15, 0.2) is 0 Å². The van der Waals surface area contributed by atoms with Gasteiger partial charge in [-0.15, -0.1) is 0 Å². The zero-order valence-corrected chi connectivity index (χ0v) is 14.6. The zero-order chi connectivity index (χ0) is 16.0. The van der Waals surface area contributed by atoms with Gasteiger partial charge < -0.3 is 4.90 Å². The van der Waals surface area contributed by atoms with Gasteiger partial charge in [-0.25, -0.2) is 4.18 Å². The van der Waals surface area contributed by atoms with Crippen LogP contribution in [0.3, 0.4) is 0 Å². The van der Waals surface area contributed by atoms with Gasteiger partial charge in [-0.1, -0.05) is 47.5 Å². The van der Waals surface area contributed by atoms with Gasteiger partial charge in [-0.2, -0.15) is 8.42 Å². The average molecular weight is 311 g/mol. The summed E-state index contributed by atoms with van der Waals surface area (Å²) in [7, 11) is -4.26. The van der Waals surface area contributed by atoms with Crippen molar-refractivity contribution in [2.45, 2.75) is 60.3 Å². The molecule has 0 spiro atoms. The van der Waals surface area contributed by atoms with Gasteiger partial charge in [0.05, 0.1) is 6.61 Å². The first kappa shape index (κ1) is 22.1. The normalized spacial score (nSPS) is 11.6. The Labute approximate surface area is 125 Å². The summed E-state index contributed by atoms with van der Waals surface area (Å²) in [6, 6.07) is 0. The third-order valence-corrected chi connectivity index (χ3v) is 3.62. The van der Waals surface area contributed by atoms with Crippen molar-refractivity contribution in [2.24, 2.45) is 5.92 Å². The van der Waals surface area contributed by atoms with Crippen LogP contribution in [0.5, 0.6) is 0 Å². The standard InChI is InChI=1S/C8H18O4S.C6H15N/c1-3-5-8(6-4-2)7-12-13(9,10)11;1-4-7(5-2)6-3/h8H,3-7H2,1-2H3,(H,9,10,11);4-6H2,1-3H3. The molecule has 5 nitrogen and oxygen atoms in total. The lowest BCUT2D eigenvalue weighted by Gasteiger charge is -2.13. The molecule has 0 atom stereocenters. The van der Waals surface area contributed by atoms with Crippen LogP contribution in [0.1, 0.15) is 60.3 Å². The Bertz CT molecular complexity index is 278. The Balaban J connectivity index is 0. The summed E-state index contributed by atoms with van der Waals surface area (Å²) in [4.78, 5) is 2.38. The van der Waals surface area contributed by atoms with Crippen LogP contribution in [0.4, 0.5) is 0 Å². The zero-order valence-electron chi connectivity index (χ0n) is 13.8. The molecule has 1 N–H and O–H groups in total. The molecule has 0 amide bonds. The van der Waals surface area contributed by atoms with Crippen LogP contribution < -0.4 is 0 Å². The summed E-state index contributed by atoms with van der Waals surface area (Å²) < 4.78 is 33.2. The molecule has 124 valence electrons. The van der Waals surface area contributed by atoms with Crippen molar-refractivity contribution < 1.29 is 17.2 Å². The Hall–Kier alpha value is -0.170. The predicted molar refractivity (Wildman–Crippen MR) is 84.3 cm³/mol. The molecule has 20 heavy (non-hydrogen) atoms. The van der Waals surface area contributed by atoms with E-state index in [0.29, 0.717) is 0 Å². The van der Waals surface area contributed by atoms with Gasteiger partial charge in [-0.05, 0) is 38.4 Å². The number of hydrogen-bond donors (Lipinski definition) is 1. The first-order chi connectivity index (χ1) is 9.34. The van der Waals surface area contributed by atoms with Gasteiger partial charge in [-0.3, -0.25) is 4.55 Å². The lowest BCUT2D eigenvalue weighted by Crippen LogP contribution is -2.21. The van der Waals surface area contributed by atoms with Crippen LogP contribution in [0.2, 0.25) is 0 Å². The van der Waals surface area contributed by atoms with Crippen LogP contribution in [-0.2, 0) is 14.6 Å². The highest BCUT2D eigenvalue weighted by molar-refractivity contribution is 7.80. The van der Waals surface area contributed by atoms with E-state index in [9.17, 15) is 8.42 Å². The fraction of sp³-hybridized carbons (Fsp3) is 1.00. The van der Waals surface area contributed by atoms with Crippen LogP contribution in [0.15, 0.2) is 0 Å². The van der Waals surface area contributed by atoms with Crippen molar-refractivity contribution in [1.29, 1.82) is 0 Å².